The smallest absolute Gasteiger partial charge is 0.317 e. The Labute approximate surface area is 126 Å². The zero-order valence-electron chi connectivity index (χ0n) is 13.2. The summed E-state index contributed by atoms with van der Waals surface area (Å²) in [4.78, 5) is 26.1. The summed E-state index contributed by atoms with van der Waals surface area (Å²) in [5, 5.41) is 11.4. The van der Waals surface area contributed by atoms with Gasteiger partial charge in [-0.3, -0.25) is 19.4 Å². The average molecular weight is 301 g/mol. The van der Waals surface area contributed by atoms with Gasteiger partial charge in [-0.15, -0.1) is 0 Å². The molecule has 0 aliphatic carbocycles. The van der Waals surface area contributed by atoms with Crippen LogP contribution in [0.5, 0.6) is 0 Å². The fourth-order valence-electron chi connectivity index (χ4n) is 2.40. The van der Waals surface area contributed by atoms with Crippen LogP contribution < -0.4 is 5.32 Å². The van der Waals surface area contributed by atoms with E-state index in [4.69, 9.17) is 9.84 Å². The van der Waals surface area contributed by atoms with Crippen molar-refractivity contribution in [3.05, 3.63) is 0 Å². The zero-order chi connectivity index (χ0) is 15.8. The number of carbonyl (C=O) groups is 2. The van der Waals surface area contributed by atoms with Crippen LogP contribution >= 0.6 is 0 Å². The van der Waals surface area contributed by atoms with Gasteiger partial charge in [-0.25, -0.2) is 0 Å². The van der Waals surface area contributed by atoms with E-state index >= 15 is 0 Å². The molecule has 0 spiro atoms. The standard InChI is InChI=1S/C14H27N3O4/c1-11(2)7-17-4-5-21-12(8-17)6-15-13(18)9-16(3)10-14(19)20/h11-12H,4-10H2,1-3H3,(H,15,18)(H,19,20). The molecule has 0 aromatic rings. The molecule has 1 unspecified atom stereocenters. The number of likely N-dealkylation sites (N-methyl/N-ethyl adjacent to an activating group) is 1. The summed E-state index contributed by atoms with van der Waals surface area (Å²) in [5.41, 5.74) is 0. The number of carboxylic acids is 1. The molecular weight excluding hydrogens is 274 g/mol. The number of rotatable bonds is 8. The Balaban J connectivity index is 2.24. The molecule has 1 fully saturated rings. The molecule has 0 aromatic carbocycles. The maximum atomic E-state index is 11.7. The lowest BCUT2D eigenvalue weighted by Crippen LogP contribution is -2.49. The van der Waals surface area contributed by atoms with Crippen molar-refractivity contribution in [3.63, 3.8) is 0 Å². The number of nitrogens with one attached hydrogen (secondary N) is 1. The summed E-state index contributed by atoms with van der Waals surface area (Å²) in [6.07, 6.45) is 0.00577. The molecule has 1 aliphatic rings. The van der Waals surface area contributed by atoms with E-state index in [1.807, 2.05) is 0 Å². The molecule has 122 valence electrons. The number of nitrogens with zero attached hydrogens (tertiary/aromatic N) is 2. The van der Waals surface area contributed by atoms with E-state index in [1.165, 1.54) is 4.90 Å². The van der Waals surface area contributed by atoms with Crippen LogP contribution in [0.4, 0.5) is 0 Å². The van der Waals surface area contributed by atoms with E-state index < -0.39 is 5.97 Å². The minimum atomic E-state index is -0.940. The lowest BCUT2D eigenvalue weighted by molar-refractivity contribution is -0.138. The van der Waals surface area contributed by atoms with E-state index in [1.54, 1.807) is 7.05 Å². The minimum Gasteiger partial charge on any atom is -0.480 e. The van der Waals surface area contributed by atoms with Crippen molar-refractivity contribution >= 4 is 11.9 Å². The molecule has 0 saturated carbocycles. The van der Waals surface area contributed by atoms with E-state index in [-0.39, 0.29) is 25.1 Å². The van der Waals surface area contributed by atoms with Crippen molar-refractivity contribution in [2.75, 3.05) is 52.9 Å². The second-order valence-electron chi connectivity index (χ2n) is 6.02. The van der Waals surface area contributed by atoms with Crippen LogP contribution in [0.15, 0.2) is 0 Å². The number of carbonyl (C=O) groups excluding carboxylic acids is 1. The molecule has 1 amide bonds. The van der Waals surface area contributed by atoms with E-state index in [0.29, 0.717) is 19.1 Å². The fraction of sp³-hybridized carbons (Fsp3) is 0.857. The largest absolute Gasteiger partial charge is 0.480 e. The molecule has 1 heterocycles. The normalized spacial score (nSPS) is 20.0. The Morgan fingerprint density at radius 3 is 2.76 bits per heavy atom. The van der Waals surface area contributed by atoms with Crippen LogP contribution in [-0.4, -0.2) is 85.8 Å². The van der Waals surface area contributed by atoms with Gasteiger partial charge in [0.05, 0.1) is 25.8 Å². The molecule has 7 nitrogen and oxygen atoms in total. The SMILES string of the molecule is CC(C)CN1CCOC(CNC(=O)CN(C)CC(=O)O)C1. The van der Waals surface area contributed by atoms with Gasteiger partial charge in [0.2, 0.25) is 5.91 Å². The first-order chi connectivity index (χ1) is 9.86. The quantitative estimate of drug-likeness (QED) is 0.627. The molecule has 2 N–H and O–H groups in total. The van der Waals surface area contributed by atoms with Crippen molar-refractivity contribution in [1.82, 2.24) is 15.1 Å². The second kappa shape index (κ2) is 8.96. The van der Waals surface area contributed by atoms with Crippen molar-refractivity contribution in [1.29, 1.82) is 0 Å². The Morgan fingerprint density at radius 1 is 1.43 bits per heavy atom. The summed E-state index contributed by atoms with van der Waals surface area (Å²) >= 11 is 0. The van der Waals surface area contributed by atoms with Crippen LogP contribution in [0.2, 0.25) is 0 Å². The number of hydrogen-bond donors (Lipinski definition) is 2. The highest BCUT2D eigenvalue weighted by Crippen LogP contribution is 2.07. The number of hydrogen-bond acceptors (Lipinski definition) is 5. The molecule has 0 bridgehead atoms. The fourth-order valence-corrected chi connectivity index (χ4v) is 2.40. The lowest BCUT2D eigenvalue weighted by atomic mass is 10.2. The van der Waals surface area contributed by atoms with Crippen LogP contribution in [0.1, 0.15) is 13.8 Å². The van der Waals surface area contributed by atoms with Crippen molar-refractivity contribution < 1.29 is 19.4 Å². The topological polar surface area (TPSA) is 82.1 Å². The first kappa shape index (κ1) is 17.9. The maximum Gasteiger partial charge on any atom is 0.317 e. The van der Waals surface area contributed by atoms with Gasteiger partial charge in [0, 0.05) is 26.2 Å². The third-order valence-electron chi connectivity index (χ3n) is 3.19. The summed E-state index contributed by atoms with van der Waals surface area (Å²) in [7, 11) is 1.61. The summed E-state index contributed by atoms with van der Waals surface area (Å²) in [6, 6.07) is 0. The molecule has 21 heavy (non-hydrogen) atoms. The van der Waals surface area contributed by atoms with Crippen molar-refractivity contribution in [2.45, 2.75) is 20.0 Å². The summed E-state index contributed by atoms with van der Waals surface area (Å²) in [5.74, 6) is -0.503. The molecular formula is C14H27N3O4. The number of aliphatic carboxylic acids is 1. The van der Waals surface area contributed by atoms with Crippen LogP contribution in [0.25, 0.3) is 0 Å². The Hall–Kier alpha value is -1.18. The molecule has 1 aliphatic heterocycles. The second-order valence-corrected chi connectivity index (χ2v) is 6.02. The number of carboxylic acid groups (broad SMARTS) is 1. The van der Waals surface area contributed by atoms with Crippen molar-refractivity contribution in [2.24, 2.45) is 5.92 Å². The summed E-state index contributed by atoms with van der Waals surface area (Å²) < 4.78 is 5.65. The number of morpholine rings is 1. The van der Waals surface area contributed by atoms with Crippen molar-refractivity contribution in [3.8, 4) is 0 Å². The number of ether oxygens (including phenoxy) is 1. The van der Waals surface area contributed by atoms with E-state index in [0.717, 1.165) is 19.6 Å². The molecule has 7 heteroatoms. The van der Waals surface area contributed by atoms with Gasteiger partial charge >= 0.3 is 5.97 Å². The van der Waals surface area contributed by atoms with E-state index in [2.05, 4.69) is 24.1 Å². The third kappa shape index (κ3) is 7.99. The highest BCUT2D eigenvalue weighted by atomic mass is 16.5. The average Bonchev–Trinajstić information content (AvgIpc) is 2.35. The highest BCUT2D eigenvalue weighted by molar-refractivity contribution is 5.78. The van der Waals surface area contributed by atoms with Crippen LogP contribution in [0.3, 0.4) is 0 Å². The Bertz CT molecular complexity index is 349. The predicted octanol–water partition coefficient (Wildman–Crippen LogP) is -0.524. The third-order valence-corrected chi connectivity index (χ3v) is 3.19. The Kier molecular flexibility index (Phi) is 7.63. The Morgan fingerprint density at radius 2 is 2.14 bits per heavy atom. The monoisotopic (exact) mass is 301 g/mol. The van der Waals surface area contributed by atoms with Gasteiger partial charge in [0.15, 0.2) is 0 Å². The van der Waals surface area contributed by atoms with Gasteiger partial charge in [-0.05, 0) is 13.0 Å². The van der Waals surface area contributed by atoms with Gasteiger partial charge in [0.1, 0.15) is 0 Å². The lowest BCUT2D eigenvalue weighted by Gasteiger charge is -2.34. The van der Waals surface area contributed by atoms with Gasteiger partial charge in [-0.1, -0.05) is 13.8 Å². The first-order valence-electron chi connectivity index (χ1n) is 7.37. The molecule has 1 saturated heterocycles. The molecule has 0 radical (unpaired) electrons. The summed E-state index contributed by atoms with van der Waals surface area (Å²) in [6.45, 7) is 8.25. The number of amides is 1. The predicted molar refractivity (Wildman–Crippen MR) is 79.2 cm³/mol. The van der Waals surface area contributed by atoms with Gasteiger partial charge < -0.3 is 15.2 Å². The zero-order valence-corrected chi connectivity index (χ0v) is 13.2. The molecule has 1 atom stereocenters. The van der Waals surface area contributed by atoms with E-state index in [9.17, 15) is 9.59 Å². The molecule has 1 rings (SSSR count). The van der Waals surface area contributed by atoms with Gasteiger partial charge in [-0.2, -0.15) is 0 Å². The minimum absolute atomic E-state index is 0.00577. The first-order valence-corrected chi connectivity index (χ1v) is 7.37. The molecule has 0 aromatic heterocycles. The highest BCUT2D eigenvalue weighted by Gasteiger charge is 2.21. The van der Waals surface area contributed by atoms with Crippen LogP contribution in [-0.2, 0) is 14.3 Å². The van der Waals surface area contributed by atoms with Crippen LogP contribution in [0, 0.1) is 5.92 Å². The maximum absolute atomic E-state index is 11.7. The van der Waals surface area contributed by atoms with Gasteiger partial charge in [0.25, 0.3) is 0 Å².